The second-order valence-corrected chi connectivity index (χ2v) is 5.41. The molecule has 1 aliphatic heterocycles. The van der Waals surface area contributed by atoms with Gasteiger partial charge >= 0.3 is 0 Å². The van der Waals surface area contributed by atoms with Gasteiger partial charge in [-0.2, -0.15) is 0 Å². The van der Waals surface area contributed by atoms with E-state index in [0.29, 0.717) is 0 Å². The van der Waals surface area contributed by atoms with E-state index in [-0.39, 0.29) is 17.2 Å². The lowest BCUT2D eigenvalue weighted by atomic mass is 9.80. The Kier molecular flexibility index (Phi) is 5.00. The van der Waals surface area contributed by atoms with E-state index in [0.717, 1.165) is 12.8 Å². The summed E-state index contributed by atoms with van der Waals surface area (Å²) in [6.07, 6.45) is 1.85. The second-order valence-electron chi connectivity index (χ2n) is 5.41. The van der Waals surface area contributed by atoms with Gasteiger partial charge in [-0.15, -0.1) is 0 Å². The molecular weight excluding hydrogens is 228 g/mol. The normalized spacial score (nSPS) is 22.5. The molecule has 0 amide bonds. The Hall–Kier alpha value is -1.24. The Bertz CT molecular complexity index is 277. The lowest BCUT2D eigenvalue weighted by molar-refractivity contribution is -0.695. The van der Waals surface area contributed by atoms with Crippen molar-refractivity contribution >= 4 is 0 Å². The van der Waals surface area contributed by atoms with Crippen molar-refractivity contribution in [2.75, 3.05) is 7.11 Å². The second kappa shape index (κ2) is 5.39. The summed E-state index contributed by atoms with van der Waals surface area (Å²) < 4.78 is 6.56. The molecule has 0 atom stereocenters. The molecule has 0 aromatic rings. The van der Waals surface area contributed by atoms with Gasteiger partial charge in [-0.25, -0.2) is 0 Å². The minimum absolute atomic E-state index is 0.218. The first-order valence-corrected chi connectivity index (χ1v) is 5.35. The highest BCUT2D eigenvalue weighted by molar-refractivity contribution is 4.86. The molecule has 0 unspecified atom stereocenters. The molecular formula is C10H20N2O5. The molecule has 1 saturated heterocycles. The Balaban J connectivity index is 0.000000557. The quantitative estimate of drug-likeness (QED) is 0.401. The van der Waals surface area contributed by atoms with Crippen molar-refractivity contribution in [1.29, 1.82) is 0 Å². The molecule has 7 heteroatoms. The lowest BCUT2D eigenvalue weighted by Gasteiger charge is -2.35. The van der Waals surface area contributed by atoms with Crippen LogP contribution >= 0.6 is 0 Å². The van der Waals surface area contributed by atoms with E-state index < -0.39 is 5.09 Å². The van der Waals surface area contributed by atoms with Crippen molar-refractivity contribution in [2.24, 2.45) is 0 Å². The summed E-state index contributed by atoms with van der Waals surface area (Å²) in [5.74, 6) is 0. The predicted molar refractivity (Wildman–Crippen MR) is 62.2 cm³/mol. The summed E-state index contributed by atoms with van der Waals surface area (Å²) in [5.41, 5.74) is -0.606. The molecule has 0 radical (unpaired) electrons. The third-order valence-electron chi connectivity index (χ3n) is 2.89. The van der Waals surface area contributed by atoms with Gasteiger partial charge in [0.1, 0.15) is 0 Å². The molecule has 0 spiro atoms. The molecule has 7 nitrogen and oxygen atoms in total. The number of methoxy groups -OCH3 is 1. The van der Waals surface area contributed by atoms with E-state index in [4.69, 9.17) is 20.1 Å². The number of ether oxygens (including phenoxy) is 1. The third kappa shape index (κ3) is 4.64. The maximum Gasteiger partial charge on any atom is 0.208 e. The van der Waals surface area contributed by atoms with Crippen molar-refractivity contribution in [3.05, 3.63) is 20.2 Å². The molecule has 1 heterocycles. The fourth-order valence-electron chi connectivity index (χ4n) is 2.34. The Morgan fingerprint density at radius 1 is 1.18 bits per heavy atom. The first-order valence-electron chi connectivity index (χ1n) is 5.35. The fraction of sp³-hybridized carbons (Fsp3) is 1.00. The smallest absolute Gasteiger partial charge is 0.208 e. The van der Waals surface area contributed by atoms with Crippen LogP contribution in [0.1, 0.15) is 40.5 Å². The molecule has 17 heavy (non-hydrogen) atoms. The standard InChI is InChI=1S/C10H20NO2.NO3/c1-9(2)6-8(13-5)7-10(3,4)11(9)12;2-1(3)4/h8H,6-7H2,1-5H3;/q+1;-1. The maximum atomic E-state index is 11.9. The third-order valence-corrected chi connectivity index (χ3v) is 2.89. The average Bonchev–Trinajstić information content (AvgIpc) is 2.12. The molecule has 100 valence electrons. The number of nitrogens with zero attached hydrogens (tertiary/aromatic N) is 2. The highest BCUT2D eigenvalue weighted by Gasteiger charge is 2.53. The summed E-state index contributed by atoms with van der Waals surface area (Å²) in [6.45, 7) is 7.92. The summed E-state index contributed by atoms with van der Waals surface area (Å²) in [4.78, 5) is 20.1. The molecule has 0 aromatic heterocycles. The minimum atomic E-state index is -1.75. The van der Waals surface area contributed by atoms with Crippen molar-refractivity contribution in [3.63, 3.8) is 0 Å². The number of nitroso groups, excluding NO2 is 1. The fourth-order valence-corrected chi connectivity index (χ4v) is 2.34. The average molecular weight is 248 g/mol. The predicted octanol–water partition coefficient (Wildman–Crippen LogP) is 1.89. The van der Waals surface area contributed by atoms with E-state index in [2.05, 4.69) is 0 Å². The highest BCUT2D eigenvalue weighted by Crippen LogP contribution is 2.35. The van der Waals surface area contributed by atoms with Gasteiger partial charge in [-0.05, 0) is 0 Å². The summed E-state index contributed by atoms with van der Waals surface area (Å²) in [7, 11) is 1.72. The number of piperidine rings is 1. The van der Waals surface area contributed by atoms with E-state index in [1.54, 1.807) is 7.11 Å². The molecule has 0 N–H and O–H groups in total. The minimum Gasteiger partial charge on any atom is -0.381 e. The zero-order valence-corrected chi connectivity index (χ0v) is 10.9. The van der Waals surface area contributed by atoms with Crippen LogP contribution in [0, 0.1) is 20.2 Å². The van der Waals surface area contributed by atoms with Gasteiger partial charge in [0.05, 0.1) is 11.2 Å². The van der Waals surface area contributed by atoms with Crippen LogP contribution in [-0.2, 0) is 4.74 Å². The van der Waals surface area contributed by atoms with Gasteiger partial charge in [0, 0.05) is 57.3 Å². The Morgan fingerprint density at radius 3 is 1.71 bits per heavy atom. The van der Waals surface area contributed by atoms with Gasteiger partial charge in [-0.3, -0.25) is 0 Å². The topological polar surface area (TPSA) is 95.5 Å². The van der Waals surface area contributed by atoms with Crippen LogP contribution in [0.25, 0.3) is 0 Å². The summed E-state index contributed by atoms with van der Waals surface area (Å²) in [5, 5.41) is 14.8. The summed E-state index contributed by atoms with van der Waals surface area (Å²) in [6, 6.07) is 0. The zero-order chi connectivity index (χ0) is 13.9. The first kappa shape index (κ1) is 15.8. The van der Waals surface area contributed by atoms with Crippen molar-refractivity contribution in [1.82, 2.24) is 0 Å². The van der Waals surface area contributed by atoms with Crippen LogP contribution in [0.2, 0.25) is 0 Å². The van der Waals surface area contributed by atoms with Crippen molar-refractivity contribution < 1.29 is 14.6 Å². The molecule has 1 fully saturated rings. The lowest BCUT2D eigenvalue weighted by Crippen LogP contribution is -2.55. The highest BCUT2D eigenvalue weighted by atomic mass is 16.9. The molecule has 0 aliphatic carbocycles. The SMILES string of the molecule is COC1CC(C)(C)[N+](=O)C(C)(C)C1.O=[N+]([O-])[O-]. The zero-order valence-electron chi connectivity index (χ0n) is 10.9. The van der Waals surface area contributed by atoms with E-state index in [1.165, 1.54) is 4.76 Å². The van der Waals surface area contributed by atoms with Crippen LogP contribution in [0.15, 0.2) is 0 Å². The van der Waals surface area contributed by atoms with Crippen LogP contribution in [0.5, 0.6) is 0 Å². The molecule has 0 saturated carbocycles. The number of hydrogen-bond donors (Lipinski definition) is 0. The van der Waals surface area contributed by atoms with Gasteiger partial charge in [0.25, 0.3) is 0 Å². The van der Waals surface area contributed by atoms with Gasteiger partial charge in [0.2, 0.25) is 11.1 Å². The monoisotopic (exact) mass is 248 g/mol. The molecule has 0 bridgehead atoms. The van der Waals surface area contributed by atoms with Crippen LogP contribution in [0.4, 0.5) is 0 Å². The van der Waals surface area contributed by atoms with Crippen LogP contribution < -0.4 is 0 Å². The van der Waals surface area contributed by atoms with E-state index in [1.807, 2.05) is 27.7 Å². The van der Waals surface area contributed by atoms with Gasteiger partial charge in [-0.1, -0.05) is 0 Å². The van der Waals surface area contributed by atoms with Gasteiger partial charge in [0.15, 0.2) is 0 Å². The van der Waals surface area contributed by atoms with Crippen molar-refractivity contribution in [3.8, 4) is 0 Å². The largest absolute Gasteiger partial charge is 0.381 e. The number of hydrogen-bond acceptors (Lipinski definition) is 5. The van der Waals surface area contributed by atoms with Gasteiger partial charge < -0.3 is 20.1 Å². The van der Waals surface area contributed by atoms with Crippen LogP contribution in [-0.4, -0.2) is 34.1 Å². The number of rotatable bonds is 1. The van der Waals surface area contributed by atoms with Crippen molar-refractivity contribution in [2.45, 2.75) is 57.7 Å². The molecule has 0 aromatic carbocycles. The maximum absolute atomic E-state index is 11.9. The molecule has 1 aliphatic rings. The Labute approximate surface area is 100 Å². The van der Waals surface area contributed by atoms with Crippen LogP contribution in [0.3, 0.4) is 0 Å². The summed E-state index contributed by atoms with van der Waals surface area (Å²) >= 11 is 0. The van der Waals surface area contributed by atoms with E-state index >= 15 is 0 Å². The van der Waals surface area contributed by atoms with E-state index in [9.17, 15) is 4.91 Å². The first-order chi connectivity index (χ1) is 7.53. The Morgan fingerprint density at radius 2 is 1.47 bits per heavy atom. The molecule has 1 rings (SSSR count).